The minimum atomic E-state index is -4.67. The molecule has 0 aliphatic heterocycles. The Morgan fingerprint density at radius 1 is 1.08 bits per heavy atom. The molecule has 0 atom stereocenters. The van der Waals surface area contributed by atoms with Crippen molar-refractivity contribution in [2.75, 3.05) is 0 Å². The summed E-state index contributed by atoms with van der Waals surface area (Å²) in [6.07, 6.45) is -4.67. The van der Waals surface area contributed by atoms with Crippen LogP contribution in [-0.4, -0.2) is 17.9 Å². The lowest BCUT2D eigenvalue weighted by Crippen LogP contribution is -2.50. The highest BCUT2D eigenvalue weighted by atomic mass is 19.4. The van der Waals surface area contributed by atoms with E-state index in [2.05, 4.69) is 5.32 Å². The van der Waals surface area contributed by atoms with Gasteiger partial charge in [0.2, 0.25) is 0 Å². The molecule has 6 heteroatoms. The minimum Gasteiger partial charge on any atom is -0.333 e. The van der Waals surface area contributed by atoms with Crippen LogP contribution in [0.5, 0.6) is 0 Å². The predicted molar refractivity (Wildman–Crippen MR) is 37.5 cm³/mol. The van der Waals surface area contributed by atoms with Gasteiger partial charge in [-0.25, -0.2) is 10.1 Å². The van der Waals surface area contributed by atoms with Crippen molar-refractivity contribution in [2.45, 2.75) is 32.6 Å². The van der Waals surface area contributed by atoms with Crippen LogP contribution in [0.15, 0.2) is 0 Å². The van der Waals surface area contributed by atoms with Gasteiger partial charge < -0.3 is 5.32 Å². The topological polar surface area (TPSA) is 41.1 Å². The Labute approximate surface area is 68.3 Å². The van der Waals surface area contributed by atoms with Crippen molar-refractivity contribution in [2.24, 2.45) is 0 Å². The van der Waals surface area contributed by atoms with E-state index in [9.17, 15) is 18.0 Å². The summed E-state index contributed by atoms with van der Waals surface area (Å²) in [5, 5.41) is 2.93. The molecule has 12 heavy (non-hydrogen) atoms. The highest BCUT2D eigenvalue weighted by Crippen LogP contribution is 2.09. The molecule has 0 radical (unpaired) electrons. The van der Waals surface area contributed by atoms with E-state index < -0.39 is 17.9 Å². The lowest BCUT2D eigenvalue weighted by molar-refractivity contribution is -0.145. The van der Waals surface area contributed by atoms with Crippen LogP contribution in [0.25, 0.3) is 0 Å². The first-order valence-corrected chi connectivity index (χ1v) is 3.27. The van der Waals surface area contributed by atoms with E-state index in [0.29, 0.717) is 0 Å². The summed E-state index contributed by atoms with van der Waals surface area (Å²) >= 11 is 0. The molecule has 2 amide bonds. The minimum absolute atomic E-state index is 0.671. The summed E-state index contributed by atoms with van der Waals surface area (Å²) in [6, 6.07) is -1.24. The van der Waals surface area contributed by atoms with Gasteiger partial charge in [0.15, 0.2) is 0 Å². The highest BCUT2D eigenvalue weighted by Gasteiger charge is 2.31. The third-order valence-corrected chi connectivity index (χ3v) is 0.744. The summed E-state index contributed by atoms with van der Waals surface area (Å²) in [7, 11) is 0. The Morgan fingerprint density at radius 3 is 1.75 bits per heavy atom. The van der Waals surface area contributed by atoms with E-state index in [0.717, 1.165) is 5.32 Å². The van der Waals surface area contributed by atoms with Crippen molar-refractivity contribution in [3.63, 3.8) is 0 Å². The van der Waals surface area contributed by atoms with Crippen LogP contribution in [0.3, 0.4) is 0 Å². The first kappa shape index (κ1) is 11.1. The fourth-order valence-corrected chi connectivity index (χ4v) is 0.501. The van der Waals surface area contributed by atoms with Gasteiger partial charge in [-0.3, -0.25) is 0 Å². The number of amides is 2. The Kier molecular flexibility index (Phi) is 2.95. The standard InChI is InChI=1S/C6H11F3N2O/c1-5(2,3)10-4(12)11-6(7,8)9/h1-3H3,(H2,10,11,12). The van der Waals surface area contributed by atoms with Crippen LogP contribution in [0.4, 0.5) is 18.0 Å². The van der Waals surface area contributed by atoms with Gasteiger partial charge in [0.05, 0.1) is 0 Å². The molecule has 0 aliphatic rings. The lowest BCUT2D eigenvalue weighted by Gasteiger charge is -2.21. The summed E-state index contributed by atoms with van der Waals surface area (Å²) in [5.41, 5.74) is -0.671. The maximum atomic E-state index is 11.5. The van der Waals surface area contributed by atoms with Crippen molar-refractivity contribution < 1.29 is 18.0 Å². The lowest BCUT2D eigenvalue weighted by atomic mass is 10.1. The fourth-order valence-electron chi connectivity index (χ4n) is 0.501. The van der Waals surface area contributed by atoms with Crippen molar-refractivity contribution in [1.82, 2.24) is 10.6 Å². The van der Waals surface area contributed by atoms with Crippen LogP contribution in [-0.2, 0) is 0 Å². The second-order valence-electron chi connectivity index (χ2n) is 3.33. The summed E-state index contributed by atoms with van der Waals surface area (Å²) in [6.45, 7) is 4.76. The second kappa shape index (κ2) is 3.20. The van der Waals surface area contributed by atoms with Crippen molar-refractivity contribution in [3.05, 3.63) is 0 Å². The molecule has 3 nitrogen and oxygen atoms in total. The van der Waals surface area contributed by atoms with Gasteiger partial charge in [-0.2, -0.15) is 13.2 Å². The fraction of sp³-hybridized carbons (Fsp3) is 0.833. The number of halogens is 3. The number of hydrogen-bond donors (Lipinski definition) is 2. The molecule has 0 saturated heterocycles. The van der Waals surface area contributed by atoms with Gasteiger partial charge in [0.1, 0.15) is 0 Å². The number of carbonyl (C=O) groups excluding carboxylic acids is 1. The summed E-state index contributed by atoms with van der Waals surface area (Å²) in [5.74, 6) is 0. The third kappa shape index (κ3) is 7.17. The number of hydrogen-bond acceptors (Lipinski definition) is 1. The zero-order valence-electron chi connectivity index (χ0n) is 7.04. The Morgan fingerprint density at radius 2 is 1.50 bits per heavy atom. The molecule has 0 aliphatic carbocycles. The van der Waals surface area contributed by atoms with E-state index in [1.54, 1.807) is 20.8 Å². The molecular formula is C6H11F3N2O. The number of urea groups is 1. The van der Waals surface area contributed by atoms with Crippen LogP contribution in [0.1, 0.15) is 20.8 Å². The van der Waals surface area contributed by atoms with Crippen molar-refractivity contribution in [1.29, 1.82) is 0 Å². The number of alkyl halides is 3. The predicted octanol–water partition coefficient (Wildman–Crippen LogP) is 1.60. The maximum absolute atomic E-state index is 11.5. The van der Waals surface area contributed by atoms with Gasteiger partial charge in [-0.1, -0.05) is 0 Å². The molecule has 2 N–H and O–H groups in total. The van der Waals surface area contributed by atoms with Crippen molar-refractivity contribution in [3.8, 4) is 0 Å². The monoisotopic (exact) mass is 184 g/mol. The normalized spacial score (nSPS) is 12.5. The molecule has 0 bridgehead atoms. The summed E-state index contributed by atoms with van der Waals surface area (Å²) < 4.78 is 34.5. The van der Waals surface area contributed by atoms with E-state index >= 15 is 0 Å². The maximum Gasteiger partial charge on any atom is 0.485 e. The quantitative estimate of drug-likeness (QED) is 0.551. The molecule has 0 unspecified atom stereocenters. The Balaban J connectivity index is 3.92. The van der Waals surface area contributed by atoms with E-state index in [1.807, 2.05) is 0 Å². The number of rotatable bonds is 0. The molecule has 0 aromatic heterocycles. The van der Waals surface area contributed by atoms with Gasteiger partial charge in [0.25, 0.3) is 0 Å². The zero-order valence-corrected chi connectivity index (χ0v) is 7.04. The average molecular weight is 184 g/mol. The van der Waals surface area contributed by atoms with E-state index in [1.165, 1.54) is 0 Å². The SMILES string of the molecule is CC(C)(C)NC(=O)NC(F)(F)F. The Bertz CT molecular complexity index is 153. The van der Waals surface area contributed by atoms with Crippen molar-refractivity contribution >= 4 is 6.03 Å². The van der Waals surface area contributed by atoms with E-state index in [4.69, 9.17) is 0 Å². The molecular weight excluding hydrogens is 173 g/mol. The van der Waals surface area contributed by atoms with Crippen LogP contribution in [0, 0.1) is 0 Å². The summed E-state index contributed by atoms with van der Waals surface area (Å²) in [4.78, 5) is 10.5. The van der Waals surface area contributed by atoms with Crippen LogP contribution >= 0.6 is 0 Å². The Hall–Kier alpha value is -0.940. The molecule has 0 fully saturated rings. The molecule has 0 saturated carbocycles. The molecule has 0 aromatic carbocycles. The van der Waals surface area contributed by atoms with Gasteiger partial charge in [-0.05, 0) is 20.8 Å². The second-order valence-corrected chi connectivity index (χ2v) is 3.33. The average Bonchev–Trinajstić information content (AvgIpc) is 1.49. The third-order valence-electron chi connectivity index (χ3n) is 0.744. The number of carbonyl (C=O) groups is 1. The highest BCUT2D eigenvalue weighted by molar-refractivity contribution is 5.74. The molecule has 0 aromatic rings. The van der Waals surface area contributed by atoms with Crippen LogP contribution < -0.4 is 10.6 Å². The molecule has 0 heterocycles. The smallest absolute Gasteiger partial charge is 0.333 e. The first-order valence-electron chi connectivity index (χ1n) is 3.27. The largest absolute Gasteiger partial charge is 0.485 e. The van der Waals surface area contributed by atoms with Gasteiger partial charge in [0, 0.05) is 5.54 Å². The van der Waals surface area contributed by atoms with E-state index in [-0.39, 0.29) is 0 Å². The van der Waals surface area contributed by atoms with Crippen LogP contribution in [0.2, 0.25) is 0 Å². The van der Waals surface area contributed by atoms with Gasteiger partial charge >= 0.3 is 12.3 Å². The first-order chi connectivity index (χ1) is 5.10. The zero-order chi connectivity index (χ0) is 9.99. The molecule has 72 valence electrons. The van der Waals surface area contributed by atoms with Gasteiger partial charge in [-0.15, -0.1) is 0 Å². The molecule has 0 rings (SSSR count). The number of nitrogens with one attached hydrogen (secondary N) is 2. The molecule has 0 spiro atoms.